The van der Waals surface area contributed by atoms with Crippen molar-refractivity contribution in [2.45, 2.75) is 31.7 Å². The smallest absolute Gasteiger partial charge is 0.339 e. The molecule has 0 saturated carbocycles. The molecule has 27 heavy (non-hydrogen) atoms. The van der Waals surface area contributed by atoms with Gasteiger partial charge in [0.05, 0.1) is 5.54 Å². The van der Waals surface area contributed by atoms with Crippen molar-refractivity contribution in [1.29, 1.82) is 0 Å². The average Bonchev–Trinajstić information content (AvgIpc) is 3.07. The highest BCUT2D eigenvalue weighted by Gasteiger charge is 2.39. The molecule has 0 bridgehead atoms. The van der Waals surface area contributed by atoms with Crippen molar-refractivity contribution in [3.8, 4) is 0 Å². The van der Waals surface area contributed by atoms with Gasteiger partial charge in [0.2, 0.25) is 0 Å². The van der Waals surface area contributed by atoms with E-state index in [-0.39, 0.29) is 48.7 Å². The molecule has 1 saturated heterocycles. The summed E-state index contributed by atoms with van der Waals surface area (Å²) in [7, 11) is 0. The van der Waals surface area contributed by atoms with Gasteiger partial charge in [0.1, 0.15) is 23.0 Å². The molecule has 0 unspecified atom stereocenters. The Morgan fingerprint density at radius 2 is 1.93 bits per heavy atom. The first kappa shape index (κ1) is 19.0. The second-order valence-corrected chi connectivity index (χ2v) is 6.38. The fourth-order valence-corrected chi connectivity index (χ4v) is 3.32. The van der Waals surface area contributed by atoms with Crippen molar-refractivity contribution in [2.75, 3.05) is 13.2 Å². The molecule has 1 amide bonds. The van der Waals surface area contributed by atoms with Crippen LogP contribution in [0.2, 0.25) is 0 Å². The predicted molar refractivity (Wildman–Crippen MR) is 90.6 cm³/mol. The molecular formula is C19H19F2NO5. The van der Waals surface area contributed by atoms with Crippen LogP contribution in [0.15, 0.2) is 28.7 Å². The summed E-state index contributed by atoms with van der Waals surface area (Å²) in [6, 6.07) is 4.36. The largest absolute Gasteiger partial charge is 0.478 e. The minimum Gasteiger partial charge on any atom is -0.478 e. The summed E-state index contributed by atoms with van der Waals surface area (Å²) in [6.07, 6.45) is 0.878. The fourth-order valence-electron chi connectivity index (χ4n) is 3.32. The van der Waals surface area contributed by atoms with Crippen molar-refractivity contribution in [3.05, 3.63) is 58.5 Å². The summed E-state index contributed by atoms with van der Waals surface area (Å²) < 4.78 is 38.4. The molecule has 8 heteroatoms. The van der Waals surface area contributed by atoms with Crippen LogP contribution in [-0.2, 0) is 16.7 Å². The van der Waals surface area contributed by atoms with E-state index in [1.807, 2.05) is 0 Å². The molecule has 2 N–H and O–H groups in total. The van der Waals surface area contributed by atoms with Crippen molar-refractivity contribution in [3.63, 3.8) is 0 Å². The van der Waals surface area contributed by atoms with E-state index in [0.29, 0.717) is 6.42 Å². The Kier molecular flexibility index (Phi) is 5.27. The number of carbonyl (C=O) groups is 2. The van der Waals surface area contributed by atoms with E-state index in [1.54, 1.807) is 6.92 Å². The highest BCUT2D eigenvalue weighted by Crippen LogP contribution is 2.34. The van der Waals surface area contributed by atoms with Gasteiger partial charge in [-0.1, -0.05) is 13.0 Å². The molecule has 3 rings (SSSR count). The van der Waals surface area contributed by atoms with Gasteiger partial charge in [0.15, 0.2) is 5.76 Å². The minimum absolute atomic E-state index is 0.0864. The number of hydrogen-bond acceptors (Lipinski definition) is 4. The zero-order chi connectivity index (χ0) is 19.6. The van der Waals surface area contributed by atoms with Gasteiger partial charge in [0, 0.05) is 37.3 Å². The summed E-state index contributed by atoms with van der Waals surface area (Å²) in [5.41, 5.74) is -1.03. The van der Waals surface area contributed by atoms with Gasteiger partial charge >= 0.3 is 5.97 Å². The maximum absolute atomic E-state index is 14.4. The van der Waals surface area contributed by atoms with Gasteiger partial charge in [-0.15, -0.1) is 0 Å². The Bertz CT molecular complexity index is 871. The van der Waals surface area contributed by atoms with Crippen molar-refractivity contribution in [2.24, 2.45) is 0 Å². The lowest BCUT2D eigenvalue weighted by atomic mass is 9.82. The molecule has 2 aromatic rings. The number of aromatic carboxylic acids is 1. The van der Waals surface area contributed by atoms with Crippen LogP contribution in [0, 0.1) is 11.6 Å². The lowest BCUT2D eigenvalue weighted by molar-refractivity contribution is 0.0325. The van der Waals surface area contributed by atoms with Crippen LogP contribution in [0.1, 0.15) is 52.0 Å². The third-order valence-electron chi connectivity index (χ3n) is 4.73. The number of aryl methyl sites for hydroxylation is 1. The van der Waals surface area contributed by atoms with Crippen LogP contribution in [-0.4, -0.2) is 30.2 Å². The van der Waals surface area contributed by atoms with Gasteiger partial charge in [0.25, 0.3) is 5.91 Å². The molecule has 0 aliphatic carbocycles. The number of hydrogen-bond donors (Lipinski definition) is 2. The van der Waals surface area contributed by atoms with E-state index < -0.39 is 29.0 Å². The number of rotatable bonds is 5. The molecule has 6 nitrogen and oxygen atoms in total. The topological polar surface area (TPSA) is 88.8 Å². The Morgan fingerprint density at radius 3 is 2.48 bits per heavy atom. The SMILES string of the molecule is CCc1oc(C(=O)NC2(c3ccc(F)cc3F)CCOCC2)cc1C(=O)O. The van der Waals surface area contributed by atoms with Crippen LogP contribution in [0.25, 0.3) is 0 Å². The lowest BCUT2D eigenvalue weighted by Crippen LogP contribution is -2.50. The number of carbonyl (C=O) groups excluding carboxylic acids is 1. The van der Waals surface area contributed by atoms with Crippen molar-refractivity contribution in [1.82, 2.24) is 5.32 Å². The van der Waals surface area contributed by atoms with E-state index in [0.717, 1.165) is 18.2 Å². The van der Waals surface area contributed by atoms with E-state index in [1.165, 1.54) is 6.07 Å². The quantitative estimate of drug-likeness (QED) is 0.833. The normalized spacial score (nSPS) is 16.1. The zero-order valence-corrected chi connectivity index (χ0v) is 14.7. The molecular weight excluding hydrogens is 360 g/mol. The van der Waals surface area contributed by atoms with Crippen LogP contribution in [0.4, 0.5) is 8.78 Å². The van der Waals surface area contributed by atoms with Crippen molar-refractivity contribution >= 4 is 11.9 Å². The number of ether oxygens (including phenoxy) is 1. The first-order valence-electron chi connectivity index (χ1n) is 8.58. The van der Waals surface area contributed by atoms with Crippen molar-refractivity contribution < 1.29 is 32.6 Å². The molecule has 0 atom stereocenters. The summed E-state index contributed by atoms with van der Waals surface area (Å²) >= 11 is 0. The third kappa shape index (κ3) is 3.71. The number of nitrogens with one attached hydrogen (secondary N) is 1. The molecule has 144 valence electrons. The van der Waals surface area contributed by atoms with Gasteiger partial charge in [-0.05, 0) is 18.9 Å². The highest BCUT2D eigenvalue weighted by atomic mass is 19.1. The minimum atomic E-state index is -1.19. The molecule has 1 fully saturated rings. The molecule has 1 aliphatic rings. The summed E-state index contributed by atoms with van der Waals surface area (Å²) in [5.74, 6) is -3.33. The van der Waals surface area contributed by atoms with Crippen LogP contribution in [0.5, 0.6) is 0 Å². The predicted octanol–water partition coefficient (Wildman–Crippen LogP) is 3.25. The first-order valence-corrected chi connectivity index (χ1v) is 8.58. The van der Waals surface area contributed by atoms with Crippen LogP contribution < -0.4 is 5.32 Å². The number of halogens is 2. The number of carboxylic acid groups (broad SMARTS) is 1. The number of furan rings is 1. The molecule has 0 spiro atoms. The molecule has 0 radical (unpaired) electrons. The van der Waals surface area contributed by atoms with Crippen LogP contribution in [0.3, 0.4) is 0 Å². The van der Waals surface area contributed by atoms with Gasteiger partial charge in [-0.25, -0.2) is 13.6 Å². The van der Waals surface area contributed by atoms with Gasteiger partial charge < -0.3 is 19.6 Å². The second kappa shape index (κ2) is 7.48. The Morgan fingerprint density at radius 1 is 1.22 bits per heavy atom. The molecule has 1 aliphatic heterocycles. The maximum atomic E-state index is 14.4. The second-order valence-electron chi connectivity index (χ2n) is 6.38. The monoisotopic (exact) mass is 379 g/mol. The molecule has 1 aromatic carbocycles. The highest BCUT2D eigenvalue weighted by molar-refractivity contribution is 5.96. The Balaban J connectivity index is 1.95. The van der Waals surface area contributed by atoms with Gasteiger partial charge in [-0.3, -0.25) is 4.79 Å². The van der Waals surface area contributed by atoms with E-state index in [9.17, 15) is 23.5 Å². The summed E-state index contributed by atoms with van der Waals surface area (Å²) in [5, 5.41) is 12.0. The Labute approximate surface area is 154 Å². The number of amides is 1. The molecule has 1 aromatic heterocycles. The standard InChI is InChI=1S/C19H19F2NO5/c1-2-15-12(18(24)25)10-16(27-15)17(23)22-19(5-7-26-8-6-19)13-4-3-11(20)9-14(13)21/h3-4,9-10H,2,5-8H2,1H3,(H,22,23)(H,24,25). The third-order valence-corrected chi connectivity index (χ3v) is 4.73. The van der Waals surface area contributed by atoms with E-state index in [2.05, 4.69) is 5.32 Å². The van der Waals surface area contributed by atoms with E-state index in [4.69, 9.17) is 9.15 Å². The zero-order valence-electron chi connectivity index (χ0n) is 14.7. The average molecular weight is 379 g/mol. The summed E-state index contributed by atoms with van der Waals surface area (Å²) in [6.45, 7) is 2.28. The van der Waals surface area contributed by atoms with Crippen LogP contribution >= 0.6 is 0 Å². The maximum Gasteiger partial charge on any atom is 0.339 e. The van der Waals surface area contributed by atoms with Gasteiger partial charge in [-0.2, -0.15) is 0 Å². The van der Waals surface area contributed by atoms with E-state index >= 15 is 0 Å². The number of carboxylic acids is 1. The number of benzene rings is 1. The fraction of sp³-hybridized carbons (Fsp3) is 0.368. The first-order chi connectivity index (χ1) is 12.9. The molecule has 2 heterocycles. The lowest BCUT2D eigenvalue weighted by Gasteiger charge is -2.38. The Hall–Kier alpha value is -2.74. The summed E-state index contributed by atoms with van der Waals surface area (Å²) in [4.78, 5) is 24.0.